The van der Waals surface area contributed by atoms with E-state index in [0.717, 1.165) is 16.7 Å². The first-order valence-electron chi connectivity index (χ1n) is 5.59. The van der Waals surface area contributed by atoms with Gasteiger partial charge in [-0.25, -0.2) is 9.97 Å². The van der Waals surface area contributed by atoms with Gasteiger partial charge in [0.2, 0.25) is 0 Å². The Morgan fingerprint density at radius 3 is 2.82 bits per heavy atom. The number of H-pyrrole nitrogens is 1. The zero-order chi connectivity index (χ0) is 12.1. The van der Waals surface area contributed by atoms with E-state index in [-0.39, 0.29) is 0 Å². The molecule has 2 aromatic rings. The van der Waals surface area contributed by atoms with Gasteiger partial charge in [0, 0.05) is 31.2 Å². The van der Waals surface area contributed by atoms with E-state index in [0.29, 0.717) is 6.04 Å². The van der Waals surface area contributed by atoms with Crippen LogP contribution in [0.2, 0.25) is 0 Å². The van der Waals surface area contributed by atoms with Crippen LogP contribution in [-0.2, 0) is 6.54 Å². The minimum absolute atomic E-state index is 0.493. The van der Waals surface area contributed by atoms with Crippen LogP contribution < -0.4 is 5.32 Å². The molecule has 0 aliphatic carbocycles. The molecule has 90 valence electrons. The van der Waals surface area contributed by atoms with Crippen molar-refractivity contribution >= 4 is 11.8 Å². The Morgan fingerprint density at radius 2 is 2.24 bits per heavy atom. The maximum absolute atomic E-state index is 4.39. The Bertz CT molecular complexity index is 436. The van der Waals surface area contributed by atoms with Crippen molar-refractivity contribution in [3.63, 3.8) is 0 Å². The van der Waals surface area contributed by atoms with Gasteiger partial charge in [0.15, 0.2) is 5.16 Å². The second-order valence-electron chi connectivity index (χ2n) is 4.04. The lowest BCUT2D eigenvalue weighted by molar-refractivity contribution is 0.587. The SMILES string of the molecule is CC(C)NCc1ccc(Sc2ncc[nH]2)nc1. The highest BCUT2D eigenvalue weighted by molar-refractivity contribution is 7.99. The topological polar surface area (TPSA) is 53.6 Å². The Labute approximate surface area is 105 Å². The molecule has 0 aliphatic rings. The molecular weight excluding hydrogens is 232 g/mol. The molecule has 0 amide bonds. The molecule has 0 fully saturated rings. The zero-order valence-electron chi connectivity index (χ0n) is 9.97. The number of pyridine rings is 1. The molecule has 5 heteroatoms. The number of hydrogen-bond acceptors (Lipinski definition) is 4. The maximum Gasteiger partial charge on any atom is 0.171 e. The molecule has 0 spiro atoms. The molecule has 2 N–H and O–H groups in total. The molecule has 0 atom stereocenters. The third-order valence-corrected chi connectivity index (χ3v) is 3.05. The normalized spacial score (nSPS) is 11.0. The van der Waals surface area contributed by atoms with Crippen molar-refractivity contribution < 1.29 is 0 Å². The van der Waals surface area contributed by atoms with Crippen molar-refractivity contribution in [2.75, 3.05) is 0 Å². The molecule has 17 heavy (non-hydrogen) atoms. The van der Waals surface area contributed by atoms with E-state index >= 15 is 0 Å². The van der Waals surface area contributed by atoms with Gasteiger partial charge in [0.05, 0.1) is 0 Å². The summed E-state index contributed by atoms with van der Waals surface area (Å²) in [6, 6.07) is 4.60. The lowest BCUT2D eigenvalue weighted by Gasteiger charge is -2.07. The first kappa shape index (κ1) is 12.1. The summed E-state index contributed by atoms with van der Waals surface area (Å²) in [7, 11) is 0. The number of nitrogens with one attached hydrogen (secondary N) is 2. The van der Waals surface area contributed by atoms with E-state index in [2.05, 4.69) is 40.2 Å². The fourth-order valence-electron chi connectivity index (χ4n) is 1.30. The van der Waals surface area contributed by atoms with E-state index in [9.17, 15) is 0 Å². The average molecular weight is 248 g/mol. The number of rotatable bonds is 5. The summed E-state index contributed by atoms with van der Waals surface area (Å²) in [5, 5.41) is 5.18. The Kier molecular flexibility index (Phi) is 4.17. The maximum atomic E-state index is 4.39. The number of aromatic amines is 1. The van der Waals surface area contributed by atoms with Crippen molar-refractivity contribution in [3.05, 3.63) is 36.3 Å². The van der Waals surface area contributed by atoms with Gasteiger partial charge in [0.25, 0.3) is 0 Å². The third kappa shape index (κ3) is 3.87. The molecular formula is C12H16N4S. The van der Waals surface area contributed by atoms with Gasteiger partial charge in [-0.05, 0) is 23.4 Å². The van der Waals surface area contributed by atoms with E-state index in [1.165, 1.54) is 17.3 Å². The smallest absolute Gasteiger partial charge is 0.171 e. The van der Waals surface area contributed by atoms with Crippen LogP contribution in [0.1, 0.15) is 19.4 Å². The van der Waals surface area contributed by atoms with E-state index in [1.807, 2.05) is 18.5 Å². The predicted octanol–water partition coefficient (Wildman–Crippen LogP) is 2.45. The van der Waals surface area contributed by atoms with Crippen molar-refractivity contribution in [1.82, 2.24) is 20.3 Å². The summed E-state index contributed by atoms with van der Waals surface area (Å²) >= 11 is 1.53. The molecule has 0 radical (unpaired) electrons. The molecule has 2 rings (SSSR count). The van der Waals surface area contributed by atoms with Gasteiger partial charge in [-0.15, -0.1) is 0 Å². The number of imidazole rings is 1. The second-order valence-corrected chi connectivity index (χ2v) is 5.05. The van der Waals surface area contributed by atoms with Crippen molar-refractivity contribution in [2.24, 2.45) is 0 Å². The predicted molar refractivity (Wildman–Crippen MR) is 68.9 cm³/mol. The third-order valence-electron chi connectivity index (χ3n) is 2.19. The van der Waals surface area contributed by atoms with E-state index < -0.39 is 0 Å². The highest BCUT2D eigenvalue weighted by Crippen LogP contribution is 2.21. The molecule has 0 unspecified atom stereocenters. The van der Waals surface area contributed by atoms with Gasteiger partial charge < -0.3 is 10.3 Å². The second kappa shape index (κ2) is 5.84. The molecule has 0 aromatic carbocycles. The number of aromatic nitrogens is 3. The highest BCUT2D eigenvalue weighted by atomic mass is 32.2. The summed E-state index contributed by atoms with van der Waals surface area (Å²) in [6.07, 6.45) is 5.45. The molecule has 4 nitrogen and oxygen atoms in total. The summed E-state index contributed by atoms with van der Waals surface area (Å²) in [5.74, 6) is 0. The molecule has 0 saturated carbocycles. The minimum atomic E-state index is 0.493. The monoisotopic (exact) mass is 248 g/mol. The van der Waals surface area contributed by atoms with Crippen molar-refractivity contribution in [3.8, 4) is 0 Å². The van der Waals surface area contributed by atoms with Crippen LogP contribution in [0.15, 0.2) is 40.9 Å². The van der Waals surface area contributed by atoms with Crippen LogP contribution in [0.4, 0.5) is 0 Å². The van der Waals surface area contributed by atoms with E-state index in [4.69, 9.17) is 0 Å². The van der Waals surface area contributed by atoms with Gasteiger partial charge in [-0.2, -0.15) is 0 Å². The lowest BCUT2D eigenvalue weighted by Crippen LogP contribution is -2.21. The van der Waals surface area contributed by atoms with Gasteiger partial charge in [-0.1, -0.05) is 19.9 Å². The number of nitrogens with zero attached hydrogens (tertiary/aromatic N) is 2. The van der Waals surface area contributed by atoms with Crippen LogP contribution in [-0.4, -0.2) is 21.0 Å². The summed E-state index contributed by atoms with van der Waals surface area (Å²) in [4.78, 5) is 11.6. The van der Waals surface area contributed by atoms with Crippen LogP contribution >= 0.6 is 11.8 Å². The average Bonchev–Trinajstić information content (AvgIpc) is 2.81. The molecule has 2 heterocycles. The van der Waals surface area contributed by atoms with Crippen molar-refractivity contribution in [1.29, 1.82) is 0 Å². The van der Waals surface area contributed by atoms with Gasteiger partial charge in [0.1, 0.15) is 5.03 Å². The van der Waals surface area contributed by atoms with Crippen LogP contribution in [0.25, 0.3) is 0 Å². The molecule has 2 aromatic heterocycles. The first-order valence-corrected chi connectivity index (χ1v) is 6.41. The van der Waals surface area contributed by atoms with Crippen LogP contribution in [0, 0.1) is 0 Å². The summed E-state index contributed by atoms with van der Waals surface area (Å²) < 4.78 is 0. The Hall–Kier alpha value is -1.33. The fraction of sp³-hybridized carbons (Fsp3) is 0.333. The molecule has 0 aliphatic heterocycles. The van der Waals surface area contributed by atoms with Crippen LogP contribution in [0.3, 0.4) is 0 Å². The van der Waals surface area contributed by atoms with Gasteiger partial charge in [-0.3, -0.25) is 0 Å². The Balaban J connectivity index is 1.93. The Morgan fingerprint density at radius 1 is 1.35 bits per heavy atom. The first-order chi connectivity index (χ1) is 8.24. The highest BCUT2D eigenvalue weighted by Gasteiger charge is 2.01. The minimum Gasteiger partial charge on any atom is -0.339 e. The lowest BCUT2D eigenvalue weighted by atomic mass is 10.2. The zero-order valence-corrected chi connectivity index (χ0v) is 10.8. The van der Waals surface area contributed by atoms with Crippen molar-refractivity contribution in [2.45, 2.75) is 36.6 Å². The van der Waals surface area contributed by atoms with Gasteiger partial charge >= 0.3 is 0 Å². The standard InChI is InChI=1S/C12H16N4S/c1-9(2)15-7-10-3-4-11(16-8-10)17-12-13-5-6-14-12/h3-6,8-9,15H,7H2,1-2H3,(H,13,14). The van der Waals surface area contributed by atoms with Crippen LogP contribution in [0.5, 0.6) is 0 Å². The summed E-state index contributed by atoms with van der Waals surface area (Å²) in [6.45, 7) is 5.12. The molecule has 0 bridgehead atoms. The molecule has 0 saturated heterocycles. The fourth-order valence-corrected chi connectivity index (χ4v) is 1.98. The summed E-state index contributed by atoms with van der Waals surface area (Å²) in [5.41, 5.74) is 1.20. The number of hydrogen-bond donors (Lipinski definition) is 2. The van der Waals surface area contributed by atoms with E-state index in [1.54, 1.807) is 6.20 Å². The largest absolute Gasteiger partial charge is 0.339 e. The quantitative estimate of drug-likeness (QED) is 0.853.